The lowest BCUT2D eigenvalue weighted by Crippen LogP contribution is -2.05. The normalized spacial score (nSPS) is 10.7. The fraction of sp³-hybridized carbons (Fsp3) is 0.174. The number of benzene rings is 2. The number of hydrogen-bond donors (Lipinski definition) is 0. The minimum absolute atomic E-state index is 0.00108. The van der Waals surface area contributed by atoms with Gasteiger partial charge in [-0.1, -0.05) is 47.6 Å². The molecule has 0 unspecified atom stereocenters. The summed E-state index contributed by atoms with van der Waals surface area (Å²) in [5.41, 5.74) is 3.48. The zero-order chi connectivity index (χ0) is 20.9. The van der Waals surface area contributed by atoms with Crippen molar-refractivity contribution in [1.82, 2.24) is 14.9 Å². The molecule has 0 aliphatic rings. The van der Waals surface area contributed by atoms with Gasteiger partial charge in [0.1, 0.15) is 17.0 Å². The summed E-state index contributed by atoms with van der Waals surface area (Å²) < 4.78 is 17.6. The second-order valence-corrected chi connectivity index (χ2v) is 6.82. The largest absolute Gasteiger partial charge is 0.497 e. The number of carbonyl (C=O) groups excluding carboxylic acids is 1. The highest BCUT2D eigenvalue weighted by Gasteiger charge is 2.20. The Balaban J connectivity index is 1.64. The van der Waals surface area contributed by atoms with Crippen molar-refractivity contribution in [2.45, 2.75) is 20.1 Å². The van der Waals surface area contributed by atoms with Crippen molar-refractivity contribution in [2.75, 3.05) is 7.11 Å². The summed E-state index contributed by atoms with van der Waals surface area (Å²) in [6, 6.07) is 19.1. The van der Waals surface area contributed by atoms with Crippen LogP contribution in [0, 0.1) is 6.92 Å². The van der Waals surface area contributed by atoms with Crippen LogP contribution in [-0.2, 0) is 17.9 Å². The quantitative estimate of drug-likeness (QED) is 0.429. The molecular weight excluding hydrogens is 382 g/mol. The molecule has 0 fully saturated rings. The van der Waals surface area contributed by atoms with Gasteiger partial charge in [-0.25, -0.2) is 4.79 Å². The lowest BCUT2D eigenvalue weighted by Gasteiger charge is -2.05. The highest BCUT2D eigenvalue weighted by Crippen LogP contribution is 2.27. The van der Waals surface area contributed by atoms with Crippen LogP contribution in [0.3, 0.4) is 0 Å². The van der Waals surface area contributed by atoms with Crippen molar-refractivity contribution >= 4 is 5.97 Å². The van der Waals surface area contributed by atoms with E-state index in [4.69, 9.17) is 14.0 Å². The molecule has 2 aromatic carbocycles. The van der Waals surface area contributed by atoms with Gasteiger partial charge in [-0.15, -0.1) is 0 Å². The van der Waals surface area contributed by atoms with E-state index in [2.05, 4.69) is 10.3 Å². The van der Waals surface area contributed by atoms with Gasteiger partial charge in [-0.2, -0.15) is 5.10 Å². The Hall–Kier alpha value is -3.87. The van der Waals surface area contributed by atoms with E-state index in [0.29, 0.717) is 29.3 Å². The first-order valence-electron chi connectivity index (χ1n) is 9.47. The van der Waals surface area contributed by atoms with Gasteiger partial charge in [0, 0.05) is 17.8 Å². The number of aryl methyl sites for hydroxylation is 1. The first kappa shape index (κ1) is 19.4. The molecule has 0 N–H and O–H groups in total. The van der Waals surface area contributed by atoms with Gasteiger partial charge < -0.3 is 14.0 Å². The van der Waals surface area contributed by atoms with E-state index in [9.17, 15) is 4.79 Å². The summed E-state index contributed by atoms with van der Waals surface area (Å²) in [5.74, 6) is 0.684. The minimum atomic E-state index is -0.485. The van der Waals surface area contributed by atoms with Gasteiger partial charge in [0.2, 0.25) is 0 Å². The van der Waals surface area contributed by atoms with Crippen LogP contribution in [0.25, 0.3) is 11.3 Å². The predicted molar refractivity (Wildman–Crippen MR) is 110 cm³/mol. The van der Waals surface area contributed by atoms with Crippen molar-refractivity contribution in [3.63, 3.8) is 0 Å². The molecule has 0 aliphatic heterocycles. The molecular formula is C23H21N3O4. The highest BCUT2D eigenvalue weighted by atomic mass is 16.5. The number of hydrogen-bond acceptors (Lipinski definition) is 6. The molecule has 0 atom stereocenters. The fourth-order valence-electron chi connectivity index (χ4n) is 3.10. The number of rotatable bonds is 7. The Kier molecular flexibility index (Phi) is 5.61. The van der Waals surface area contributed by atoms with Crippen molar-refractivity contribution in [1.29, 1.82) is 0 Å². The zero-order valence-corrected chi connectivity index (χ0v) is 16.7. The van der Waals surface area contributed by atoms with Gasteiger partial charge in [0.05, 0.1) is 19.3 Å². The third-order valence-corrected chi connectivity index (χ3v) is 4.53. The molecule has 0 saturated heterocycles. The van der Waals surface area contributed by atoms with E-state index >= 15 is 0 Å². The highest BCUT2D eigenvalue weighted by molar-refractivity contribution is 5.96. The number of ether oxygens (including phenoxy) is 2. The summed E-state index contributed by atoms with van der Waals surface area (Å²) in [6.07, 6.45) is 1.70. The first-order chi connectivity index (χ1) is 14.6. The molecule has 152 valence electrons. The van der Waals surface area contributed by atoms with Crippen LogP contribution in [0.2, 0.25) is 0 Å². The van der Waals surface area contributed by atoms with Crippen molar-refractivity contribution in [3.05, 3.63) is 89.4 Å². The third kappa shape index (κ3) is 4.41. The summed E-state index contributed by atoms with van der Waals surface area (Å²) >= 11 is 0. The Morgan fingerprint density at radius 3 is 2.67 bits per heavy atom. The summed E-state index contributed by atoms with van der Waals surface area (Å²) in [6.45, 7) is 2.34. The lowest BCUT2D eigenvalue weighted by molar-refractivity contribution is 0.0438. The molecule has 2 aromatic heterocycles. The SMILES string of the molecule is COc1cccc(-c2nn(Cc3ccccc3)cc2C(=O)OCc2cc(C)no2)c1. The van der Waals surface area contributed by atoms with Crippen LogP contribution in [0.1, 0.15) is 27.4 Å². The lowest BCUT2D eigenvalue weighted by atomic mass is 10.1. The molecule has 0 saturated carbocycles. The number of nitrogens with zero attached hydrogens (tertiary/aromatic N) is 3. The average molecular weight is 403 g/mol. The predicted octanol–water partition coefficient (Wildman–Crippen LogP) is 4.26. The number of methoxy groups -OCH3 is 1. The van der Waals surface area contributed by atoms with Crippen LogP contribution in [0.5, 0.6) is 5.75 Å². The van der Waals surface area contributed by atoms with E-state index in [-0.39, 0.29) is 6.61 Å². The maximum Gasteiger partial charge on any atom is 0.342 e. The molecule has 0 radical (unpaired) electrons. The smallest absolute Gasteiger partial charge is 0.342 e. The molecule has 0 amide bonds. The second kappa shape index (κ2) is 8.65. The molecule has 0 bridgehead atoms. The fourth-order valence-corrected chi connectivity index (χ4v) is 3.10. The van der Waals surface area contributed by atoms with Gasteiger partial charge in [-0.05, 0) is 24.6 Å². The summed E-state index contributed by atoms with van der Waals surface area (Å²) in [4.78, 5) is 12.9. The Morgan fingerprint density at radius 1 is 1.10 bits per heavy atom. The molecule has 0 spiro atoms. The molecule has 7 nitrogen and oxygen atoms in total. The van der Waals surface area contributed by atoms with E-state index in [1.807, 2.05) is 61.5 Å². The molecule has 30 heavy (non-hydrogen) atoms. The van der Waals surface area contributed by atoms with Gasteiger partial charge >= 0.3 is 5.97 Å². The van der Waals surface area contributed by atoms with Crippen LogP contribution >= 0.6 is 0 Å². The maximum atomic E-state index is 12.9. The Labute approximate surface area is 173 Å². The second-order valence-electron chi connectivity index (χ2n) is 6.82. The van der Waals surface area contributed by atoms with E-state index in [0.717, 1.165) is 16.8 Å². The monoisotopic (exact) mass is 403 g/mol. The van der Waals surface area contributed by atoms with E-state index in [1.54, 1.807) is 24.1 Å². The van der Waals surface area contributed by atoms with E-state index in [1.165, 1.54) is 0 Å². The molecule has 0 aliphatic carbocycles. The van der Waals surface area contributed by atoms with Gasteiger partial charge in [0.25, 0.3) is 0 Å². The van der Waals surface area contributed by atoms with Gasteiger partial charge in [-0.3, -0.25) is 4.68 Å². The molecule has 4 aromatic rings. The van der Waals surface area contributed by atoms with Crippen molar-refractivity contribution in [2.24, 2.45) is 0 Å². The number of esters is 1. The Morgan fingerprint density at radius 2 is 1.93 bits per heavy atom. The van der Waals surface area contributed by atoms with Gasteiger partial charge in [0.15, 0.2) is 12.4 Å². The summed E-state index contributed by atoms with van der Waals surface area (Å²) in [5, 5.41) is 8.46. The van der Waals surface area contributed by atoms with Crippen LogP contribution in [-0.4, -0.2) is 28.0 Å². The molecule has 4 rings (SSSR count). The van der Waals surface area contributed by atoms with E-state index < -0.39 is 5.97 Å². The number of aromatic nitrogens is 3. The zero-order valence-electron chi connectivity index (χ0n) is 16.7. The molecule has 7 heteroatoms. The van der Waals surface area contributed by atoms with Crippen LogP contribution in [0.15, 0.2) is 71.4 Å². The van der Waals surface area contributed by atoms with Crippen molar-refractivity contribution in [3.8, 4) is 17.0 Å². The Bertz CT molecular complexity index is 1150. The molecule has 2 heterocycles. The topological polar surface area (TPSA) is 79.4 Å². The third-order valence-electron chi connectivity index (χ3n) is 4.53. The van der Waals surface area contributed by atoms with Crippen molar-refractivity contribution < 1.29 is 18.8 Å². The minimum Gasteiger partial charge on any atom is -0.497 e. The first-order valence-corrected chi connectivity index (χ1v) is 9.47. The van der Waals surface area contributed by atoms with Crippen LogP contribution < -0.4 is 4.74 Å². The standard InChI is InChI=1S/C23H21N3O4/c1-16-11-20(30-25-16)15-29-23(27)21-14-26(13-17-7-4-3-5-8-17)24-22(21)18-9-6-10-19(12-18)28-2/h3-12,14H,13,15H2,1-2H3. The summed E-state index contributed by atoms with van der Waals surface area (Å²) in [7, 11) is 1.60. The van der Waals surface area contributed by atoms with Crippen LogP contribution in [0.4, 0.5) is 0 Å². The average Bonchev–Trinajstić information content (AvgIpc) is 3.39. The number of carbonyl (C=O) groups is 1. The maximum absolute atomic E-state index is 12.9.